The lowest BCUT2D eigenvalue weighted by Crippen LogP contribution is -2.11. The molecule has 0 saturated carbocycles. The van der Waals surface area contributed by atoms with E-state index in [2.05, 4.69) is 48.3 Å². The fraction of sp³-hybridized carbons (Fsp3) is 0.238. The van der Waals surface area contributed by atoms with E-state index in [-0.39, 0.29) is 22.7 Å². The zero-order chi connectivity index (χ0) is 19.9. The van der Waals surface area contributed by atoms with E-state index >= 15 is 0 Å². The van der Waals surface area contributed by atoms with Gasteiger partial charge in [0.2, 0.25) is 5.12 Å². The Balaban J connectivity index is 1.66. The van der Waals surface area contributed by atoms with Crippen molar-refractivity contribution in [2.45, 2.75) is 32.6 Å². The molecule has 1 fully saturated rings. The summed E-state index contributed by atoms with van der Waals surface area (Å²) in [6.07, 6.45) is 5.11. The van der Waals surface area contributed by atoms with Crippen LogP contribution in [0.1, 0.15) is 38.3 Å². The first-order valence-electron chi connectivity index (χ1n) is 8.97. The van der Waals surface area contributed by atoms with Crippen LogP contribution in [0, 0.1) is 0 Å². The van der Waals surface area contributed by atoms with Crippen molar-refractivity contribution in [2.24, 2.45) is 0 Å². The predicted molar refractivity (Wildman–Crippen MR) is 112 cm³/mol. The van der Waals surface area contributed by atoms with E-state index < -0.39 is 0 Å². The Bertz CT molecular complexity index is 1120. The van der Waals surface area contributed by atoms with Crippen molar-refractivity contribution in [2.75, 3.05) is 5.32 Å². The maximum Gasteiger partial charge on any atom is 0.201 e. The summed E-state index contributed by atoms with van der Waals surface area (Å²) in [4.78, 5) is 28.5. The zero-order valence-corrected chi connectivity index (χ0v) is 16.7. The predicted octanol–water partition coefficient (Wildman–Crippen LogP) is 4.34. The summed E-state index contributed by atoms with van der Waals surface area (Å²) in [5.41, 5.74) is 3.57. The standard InChI is InChI=1S/C21H20N4O2S/c1-21(2,3)14-5-4-6-15(10-14)23-18-7-8-25-20(24-18)13(12-22-25)9-17-16(26)11-19(27)28-17/h4-10,12H,11H2,1-3H3,(H,23,24)/b17-9+. The molecule has 0 aliphatic carbocycles. The third-order valence-corrected chi connectivity index (χ3v) is 5.42. The number of rotatable bonds is 3. The monoisotopic (exact) mass is 392 g/mol. The fourth-order valence-electron chi connectivity index (χ4n) is 2.95. The third-order valence-electron chi connectivity index (χ3n) is 4.49. The Kier molecular flexibility index (Phi) is 4.55. The van der Waals surface area contributed by atoms with Crippen LogP contribution in [0.15, 0.2) is 47.6 Å². The summed E-state index contributed by atoms with van der Waals surface area (Å²) in [6.45, 7) is 6.53. The van der Waals surface area contributed by atoms with Crippen molar-refractivity contribution in [1.29, 1.82) is 0 Å². The molecule has 3 aromatic rings. The normalized spacial score (nSPS) is 16.3. The first-order chi connectivity index (χ1) is 13.3. The van der Waals surface area contributed by atoms with Gasteiger partial charge in [0.25, 0.3) is 0 Å². The minimum absolute atomic E-state index is 0.0416. The van der Waals surface area contributed by atoms with Crippen LogP contribution in [0.3, 0.4) is 0 Å². The summed E-state index contributed by atoms with van der Waals surface area (Å²) >= 11 is 0.983. The van der Waals surface area contributed by atoms with Crippen molar-refractivity contribution in [3.05, 3.63) is 58.8 Å². The molecule has 1 aliphatic heterocycles. The van der Waals surface area contributed by atoms with Gasteiger partial charge < -0.3 is 5.32 Å². The molecule has 3 heterocycles. The Morgan fingerprint density at radius 3 is 2.75 bits per heavy atom. The Morgan fingerprint density at radius 2 is 2.04 bits per heavy atom. The summed E-state index contributed by atoms with van der Waals surface area (Å²) in [5, 5.41) is 7.49. The molecule has 4 rings (SSSR count). The van der Waals surface area contributed by atoms with Crippen LogP contribution in [0.2, 0.25) is 0 Å². The number of anilines is 2. The van der Waals surface area contributed by atoms with E-state index in [0.29, 0.717) is 21.9 Å². The lowest BCUT2D eigenvalue weighted by molar-refractivity contribution is -0.119. The quantitative estimate of drug-likeness (QED) is 0.528. The van der Waals surface area contributed by atoms with Gasteiger partial charge in [-0.1, -0.05) is 32.9 Å². The number of benzene rings is 1. The molecule has 0 spiro atoms. The molecule has 1 aliphatic rings. The third kappa shape index (κ3) is 3.71. The number of nitrogens with zero attached hydrogens (tertiary/aromatic N) is 3. The summed E-state index contributed by atoms with van der Waals surface area (Å²) in [7, 11) is 0. The average molecular weight is 392 g/mol. The van der Waals surface area contributed by atoms with Crippen molar-refractivity contribution in [3.8, 4) is 0 Å². The maximum absolute atomic E-state index is 11.9. The number of carbonyl (C=O) groups excluding carboxylic acids is 2. The largest absolute Gasteiger partial charge is 0.340 e. The molecule has 0 atom stereocenters. The smallest absolute Gasteiger partial charge is 0.201 e. The first kappa shape index (κ1) is 18.4. The average Bonchev–Trinajstić information content (AvgIpc) is 3.17. The van der Waals surface area contributed by atoms with E-state index in [4.69, 9.17) is 0 Å². The van der Waals surface area contributed by atoms with E-state index in [1.54, 1.807) is 16.8 Å². The molecule has 1 aromatic carbocycles. The van der Waals surface area contributed by atoms with Gasteiger partial charge in [-0.25, -0.2) is 9.50 Å². The molecule has 0 radical (unpaired) electrons. The van der Waals surface area contributed by atoms with Gasteiger partial charge in [0.1, 0.15) is 5.82 Å². The lowest BCUT2D eigenvalue weighted by atomic mass is 9.87. The van der Waals surface area contributed by atoms with Crippen LogP contribution in [-0.2, 0) is 15.0 Å². The summed E-state index contributed by atoms with van der Waals surface area (Å²) < 4.78 is 1.65. The second-order valence-electron chi connectivity index (χ2n) is 7.72. The number of fused-ring (bicyclic) bond motifs is 1. The maximum atomic E-state index is 11.9. The molecule has 0 unspecified atom stereocenters. The number of aromatic nitrogens is 3. The Labute approximate surface area is 167 Å². The Morgan fingerprint density at radius 1 is 1.21 bits per heavy atom. The number of hydrogen-bond donors (Lipinski definition) is 1. The molecule has 142 valence electrons. The Hall–Kier alpha value is -2.93. The van der Waals surface area contributed by atoms with Gasteiger partial charge in [0.05, 0.1) is 17.5 Å². The van der Waals surface area contributed by atoms with Gasteiger partial charge in [0.15, 0.2) is 11.4 Å². The van der Waals surface area contributed by atoms with Gasteiger partial charge in [-0.05, 0) is 47.0 Å². The molecule has 0 bridgehead atoms. The lowest BCUT2D eigenvalue weighted by Gasteiger charge is -2.20. The molecular weight excluding hydrogens is 372 g/mol. The molecule has 1 N–H and O–H groups in total. The van der Waals surface area contributed by atoms with Crippen LogP contribution >= 0.6 is 11.8 Å². The summed E-state index contributed by atoms with van der Waals surface area (Å²) in [6, 6.07) is 10.1. The number of nitrogens with one attached hydrogen (secondary N) is 1. The van der Waals surface area contributed by atoms with E-state index in [0.717, 1.165) is 17.4 Å². The highest BCUT2D eigenvalue weighted by atomic mass is 32.2. The van der Waals surface area contributed by atoms with Gasteiger partial charge in [-0.2, -0.15) is 5.10 Å². The van der Waals surface area contributed by atoms with Gasteiger partial charge >= 0.3 is 0 Å². The number of ketones is 1. The number of carbonyl (C=O) groups is 2. The SMILES string of the molecule is CC(C)(C)c1cccc(Nc2ccn3ncc(/C=C4/SC(=O)CC4=O)c3n2)c1. The second kappa shape index (κ2) is 6.91. The number of hydrogen-bond acceptors (Lipinski definition) is 6. The van der Waals surface area contributed by atoms with E-state index in [9.17, 15) is 9.59 Å². The minimum atomic E-state index is -0.150. The summed E-state index contributed by atoms with van der Waals surface area (Å²) in [5.74, 6) is 0.530. The molecule has 7 heteroatoms. The topological polar surface area (TPSA) is 76.4 Å². The highest BCUT2D eigenvalue weighted by Crippen LogP contribution is 2.31. The second-order valence-corrected chi connectivity index (χ2v) is 8.82. The molecule has 0 amide bonds. The number of Topliss-reactive ketones (excluding diaryl/α,β-unsaturated/α-hetero) is 1. The van der Waals surface area contributed by atoms with E-state index in [1.807, 2.05) is 24.4 Å². The van der Waals surface area contributed by atoms with Crippen LogP contribution in [0.5, 0.6) is 0 Å². The number of thioether (sulfide) groups is 1. The van der Waals surface area contributed by atoms with Gasteiger partial charge in [0, 0.05) is 17.4 Å². The first-order valence-corrected chi connectivity index (χ1v) is 9.79. The fourth-order valence-corrected chi connectivity index (χ4v) is 3.77. The van der Waals surface area contributed by atoms with Gasteiger partial charge in [-0.15, -0.1) is 0 Å². The number of allylic oxidation sites excluding steroid dienone is 1. The molecule has 1 saturated heterocycles. The zero-order valence-electron chi connectivity index (χ0n) is 15.9. The molecular formula is C21H20N4O2S. The molecule has 2 aromatic heterocycles. The highest BCUT2D eigenvalue weighted by molar-refractivity contribution is 8.18. The van der Waals surface area contributed by atoms with Gasteiger partial charge in [-0.3, -0.25) is 9.59 Å². The van der Waals surface area contributed by atoms with Crippen LogP contribution in [0.4, 0.5) is 11.5 Å². The van der Waals surface area contributed by atoms with Crippen molar-refractivity contribution in [3.63, 3.8) is 0 Å². The minimum Gasteiger partial charge on any atom is -0.340 e. The van der Waals surface area contributed by atoms with Crippen molar-refractivity contribution >= 4 is 45.9 Å². The van der Waals surface area contributed by atoms with Crippen molar-refractivity contribution < 1.29 is 9.59 Å². The van der Waals surface area contributed by atoms with Crippen LogP contribution in [0.25, 0.3) is 11.7 Å². The van der Waals surface area contributed by atoms with Crippen LogP contribution < -0.4 is 5.32 Å². The highest BCUT2D eigenvalue weighted by Gasteiger charge is 2.26. The molecule has 6 nitrogen and oxygen atoms in total. The van der Waals surface area contributed by atoms with E-state index in [1.165, 1.54) is 5.56 Å². The van der Waals surface area contributed by atoms with Crippen molar-refractivity contribution in [1.82, 2.24) is 14.6 Å². The molecule has 28 heavy (non-hydrogen) atoms. The van der Waals surface area contributed by atoms with Crippen LogP contribution in [-0.4, -0.2) is 25.5 Å².